The summed E-state index contributed by atoms with van der Waals surface area (Å²) >= 11 is 0. The fourth-order valence-electron chi connectivity index (χ4n) is 1.34. The zero-order chi connectivity index (χ0) is 13.8. The van der Waals surface area contributed by atoms with Crippen molar-refractivity contribution in [3.8, 4) is 0 Å². The van der Waals surface area contributed by atoms with E-state index in [1.54, 1.807) is 0 Å². The number of halogens is 4. The Balaban J connectivity index is 0.00000121. The minimum absolute atomic E-state index is 0.234. The monoisotopic (exact) mass is 250 g/mol. The molecule has 0 heterocycles. The van der Waals surface area contributed by atoms with Gasteiger partial charge in [-0.2, -0.15) is 13.2 Å². The van der Waals surface area contributed by atoms with Gasteiger partial charge in [0.05, 0.1) is 5.56 Å². The van der Waals surface area contributed by atoms with E-state index in [4.69, 9.17) is 0 Å². The standard InChI is InChI=1S/C10H8F4O.C2H6/c1-5-8(6(2)15)3-7(11)4-9(5)10(12,13)14;1-2/h3-4H,1-2H3;1-2H3. The molecule has 0 fully saturated rings. The number of carbonyl (C=O) groups excluding carboxylic acids is 1. The van der Waals surface area contributed by atoms with Crippen molar-refractivity contribution in [2.24, 2.45) is 0 Å². The first-order valence-corrected chi connectivity index (χ1v) is 5.11. The Morgan fingerprint density at radius 3 is 2.00 bits per heavy atom. The summed E-state index contributed by atoms with van der Waals surface area (Å²) in [6, 6.07) is 1.20. The van der Waals surface area contributed by atoms with E-state index in [1.165, 1.54) is 0 Å². The van der Waals surface area contributed by atoms with Crippen molar-refractivity contribution in [3.63, 3.8) is 0 Å². The van der Waals surface area contributed by atoms with Crippen molar-refractivity contribution < 1.29 is 22.4 Å². The first-order valence-electron chi connectivity index (χ1n) is 5.11. The SMILES string of the molecule is CC.CC(=O)c1cc(F)cc(C(F)(F)F)c1C. The lowest BCUT2D eigenvalue weighted by atomic mass is 9.99. The number of hydrogen-bond acceptors (Lipinski definition) is 1. The first-order chi connectivity index (χ1) is 7.73. The zero-order valence-electron chi connectivity index (χ0n) is 10.1. The molecule has 0 N–H and O–H groups in total. The van der Waals surface area contributed by atoms with Gasteiger partial charge in [-0.1, -0.05) is 13.8 Å². The van der Waals surface area contributed by atoms with Crippen LogP contribution in [-0.4, -0.2) is 5.78 Å². The molecule has 1 nitrogen and oxygen atoms in total. The highest BCUT2D eigenvalue weighted by molar-refractivity contribution is 5.95. The summed E-state index contributed by atoms with van der Waals surface area (Å²) in [5.41, 5.74) is -1.58. The molecule has 0 bridgehead atoms. The summed E-state index contributed by atoms with van der Waals surface area (Å²) in [6.45, 7) is 6.25. The number of hydrogen-bond donors (Lipinski definition) is 0. The fourth-order valence-corrected chi connectivity index (χ4v) is 1.34. The molecule has 96 valence electrons. The van der Waals surface area contributed by atoms with Gasteiger partial charge in [0.2, 0.25) is 0 Å². The molecule has 0 aromatic heterocycles. The van der Waals surface area contributed by atoms with E-state index >= 15 is 0 Å². The summed E-state index contributed by atoms with van der Waals surface area (Å²) in [4.78, 5) is 11.0. The molecule has 0 saturated carbocycles. The third-order valence-electron chi connectivity index (χ3n) is 2.06. The number of Topliss-reactive ketones (excluding diaryl/α,β-unsaturated/α-hetero) is 1. The maximum Gasteiger partial charge on any atom is 0.416 e. The van der Waals surface area contributed by atoms with E-state index in [-0.39, 0.29) is 11.1 Å². The Kier molecular flexibility index (Phi) is 5.32. The van der Waals surface area contributed by atoms with Crippen LogP contribution in [0.3, 0.4) is 0 Å². The molecule has 1 rings (SSSR count). The normalized spacial score (nSPS) is 10.6. The predicted octanol–water partition coefficient (Wildman–Crippen LogP) is 4.38. The van der Waals surface area contributed by atoms with Gasteiger partial charge in [-0.25, -0.2) is 4.39 Å². The molecule has 1 aromatic rings. The molecule has 5 heteroatoms. The van der Waals surface area contributed by atoms with Gasteiger partial charge >= 0.3 is 6.18 Å². The van der Waals surface area contributed by atoms with Gasteiger partial charge in [-0.15, -0.1) is 0 Å². The topological polar surface area (TPSA) is 17.1 Å². The lowest BCUT2D eigenvalue weighted by Crippen LogP contribution is -2.11. The lowest BCUT2D eigenvalue weighted by Gasteiger charge is -2.12. The van der Waals surface area contributed by atoms with E-state index in [2.05, 4.69) is 0 Å². The highest BCUT2D eigenvalue weighted by atomic mass is 19.4. The summed E-state index contributed by atoms with van der Waals surface area (Å²) in [5.74, 6) is -1.64. The minimum Gasteiger partial charge on any atom is -0.294 e. The van der Waals surface area contributed by atoms with Crippen molar-refractivity contribution in [2.45, 2.75) is 33.9 Å². The summed E-state index contributed by atoms with van der Waals surface area (Å²) in [6.07, 6.45) is -4.64. The molecule has 17 heavy (non-hydrogen) atoms. The van der Waals surface area contributed by atoms with Crippen LogP contribution in [0.1, 0.15) is 42.3 Å². The number of rotatable bonds is 1. The number of carbonyl (C=O) groups is 1. The fraction of sp³-hybridized carbons (Fsp3) is 0.417. The molecule has 0 aliphatic heterocycles. The Morgan fingerprint density at radius 2 is 1.65 bits per heavy atom. The third-order valence-corrected chi connectivity index (χ3v) is 2.06. The summed E-state index contributed by atoms with van der Waals surface area (Å²) in [7, 11) is 0. The van der Waals surface area contributed by atoms with E-state index in [9.17, 15) is 22.4 Å². The van der Waals surface area contributed by atoms with Gasteiger partial charge in [0, 0.05) is 5.56 Å². The van der Waals surface area contributed by atoms with E-state index in [0.717, 1.165) is 19.9 Å². The number of ketones is 1. The Labute approximate surface area is 97.5 Å². The van der Waals surface area contributed by atoms with Crippen LogP contribution in [0.5, 0.6) is 0 Å². The second-order valence-corrected chi connectivity index (χ2v) is 3.18. The van der Waals surface area contributed by atoms with Crippen LogP contribution >= 0.6 is 0 Å². The summed E-state index contributed by atoms with van der Waals surface area (Å²) < 4.78 is 50.0. The average Bonchev–Trinajstić information content (AvgIpc) is 2.22. The molecule has 0 amide bonds. The van der Waals surface area contributed by atoms with Crippen LogP contribution in [0.4, 0.5) is 17.6 Å². The molecule has 0 spiro atoms. The molecular formula is C12H14F4O. The van der Waals surface area contributed by atoms with Crippen LogP contribution < -0.4 is 0 Å². The Bertz CT molecular complexity index is 408. The highest BCUT2D eigenvalue weighted by Crippen LogP contribution is 2.33. The van der Waals surface area contributed by atoms with Gasteiger partial charge in [-0.3, -0.25) is 4.79 Å². The van der Waals surface area contributed by atoms with Gasteiger partial charge in [0.25, 0.3) is 0 Å². The average molecular weight is 250 g/mol. The lowest BCUT2D eigenvalue weighted by molar-refractivity contribution is -0.138. The molecule has 0 radical (unpaired) electrons. The zero-order valence-corrected chi connectivity index (χ0v) is 10.1. The van der Waals surface area contributed by atoms with Crippen LogP contribution in [0.2, 0.25) is 0 Å². The quantitative estimate of drug-likeness (QED) is 0.534. The second kappa shape index (κ2) is 5.80. The largest absolute Gasteiger partial charge is 0.416 e. The molecule has 0 aliphatic carbocycles. The maximum absolute atomic E-state index is 12.8. The van der Waals surface area contributed by atoms with Crippen LogP contribution in [0, 0.1) is 12.7 Å². The van der Waals surface area contributed by atoms with Crippen LogP contribution in [-0.2, 0) is 6.18 Å². The Morgan fingerprint density at radius 1 is 1.18 bits per heavy atom. The Hall–Kier alpha value is -1.39. The molecular weight excluding hydrogens is 236 g/mol. The predicted molar refractivity (Wildman–Crippen MR) is 57.5 cm³/mol. The van der Waals surface area contributed by atoms with Gasteiger partial charge < -0.3 is 0 Å². The molecule has 1 aromatic carbocycles. The molecule has 0 atom stereocenters. The maximum atomic E-state index is 12.8. The van der Waals surface area contributed by atoms with Crippen molar-refractivity contribution >= 4 is 5.78 Å². The second-order valence-electron chi connectivity index (χ2n) is 3.18. The van der Waals surface area contributed by atoms with Crippen molar-refractivity contribution in [2.75, 3.05) is 0 Å². The van der Waals surface area contributed by atoms with Gasteiger partial charge in [0.15, 0.2) is 5.78 Å². The van der Waals surface area contributed by atoms with Crippen molar-refractivity contribution in [1.82, 2.24) is 0 Å². The van der Waals surface area contributed by atoms with Crippen molar-refractivity contribution in [1.29, 1.82) is 0 Å². The van der Waals surface area contributed by atoms with E-state index in [0.29, 0.717) is 6.07 Å². The van der Waals surface area contributed by atoms with Crippen LogP contribution in [0.25, 0.3) is 0 Å². The van der Waals surface area contributed by atoms with Gasteiger partial charge in [0.1, 0.15) is 5.82 Å². The molecule has 0 saturated heterocycles. The van der Waals surface area contributed by atoms with E-state index in [1.807, 2.05) is 13.8 Å². The first kappa shape index (κ1) is 15.6. The smallest absolute Gasteiger partial charge is 0.294 e. The minimum atomic E-state index is -4.64. The number of benzene rings is 1. The molecule has 0 aliphatic rings. The van der Waals surface area contributed by atoms with Gasteiger partial charge in [-0.05, 0) is 31.5 Å². The van der Waals surface area contributed by atoms with Crippen LogP contribution in [0.15, 0.2) is 12.1 Å². The van der Waals surface area contributed by atoms with E-state index < -0.39 is 23.3 Å². The number of alkyl halides is 3. The highest BCUT2D eigenvalue weighted by Gasteiger charge is 2.34. The third kappa shape index (κ3) is 3.84. The summed E-state index contributed by atoms with van der Waals surface area (Å²) in [5, 5.41) is 0. The van der Waals surface area contributed by atoms with Crippen molar-refractivity contribution in [3.05, 3.63) is 34.6 Å². The molecule has 0 unspecified atom stereocenters.